The summed E-state index contributed by atoms with van der Waals surface area (Å²) in [5.41, 5.74) is -2.12. The fourth-order valence-corrected chi connectivity index (χ4v) is 1.51. The van der Waals surface area contributed by atoms with Crippen LogP contribution in [0.2, 0.25) is 0 Å². The average Bonchev–Trinajstić information content (AvgIpc) is 2.17. The third-order valence-electron chi connectivity index (χ3n) is 2.22. The van der Waals surface area contributed by atoms with Crippen molar-refractivity contribution >= 4 is 5.78 Å². The first-order valence-corrected chi connectivity index (χ1v) is 4.81. The number of carbonyl (C=O) groups is 1. The molecule has 0 spiro atoms. The van der Waals surface area contributed by atoms with Crippen LogP contribution in [0.4, 0.5) is 22.0 Å². The van der Waals surface area contributed by atoms with E-state index in [4.69, 9.17) is 0 Å². The molecule has 0 aliphatic rings. The maximum atomic E-state index is 12.7. The minimum absolute atomic E-state index is 0.0356. The second-order valence-corrected chi connectivity index (χ2v) is 3.57. The van der Waals surface area contributed by atoms with Gasteiger partial charge in [-0.25, -0.2) is 0 Å². The van der Waals surface area contributed by atoms with Crippen molar-refractivity contribution in [1.82, 2.24) is 0 Å². The summed E-state index contributed by atoms with van der Waals surface area (Å²) in [6.45, 7) is -1.16. The first-order valence-electron chi connectivity index (χ1n) is 4.81. The van der Waals surface area contributed by atoms with Crippen molar-refractivity contribution in [3.63, 3.8) is 0 Å². The van der Waals surface area contributed by atoms with Gasteiger partial charge in [0.05, 0.1) is 11.1 Å². The van der Waals surface area contributed by atoms with Gasteiger partial charge in [0.2, 0.25) is 0 Å². The first-order chi connectivity index (χ1) is 8.14. The number of alkyl halides is 5. The second-order valence-electron chi connectivity index (χ2n) is 3.57. The fraction of sp³-hybridized carbons (Fsp3) is 0.364. The Hall–Kier alpha value is -1.66. The molecule has 0 N–H and O–H groups in total. The van der Waals surface area contributed by atoms with E-state index >= 15 is 0 Å². The molecular weight excluding hydrogens is 259 g/mol. The van der Waals surface area contributed by atoms with Gasteiger partial charge in [0.1, 0.15) is 5.75 Å². The third-order valence-corrected chi connectivity index (χ3v) is 2.22. The Balaban J connectivity index is 3.53. The highest BCUT2D eigenvalue weighted by Gasteiger charge is 2.37. The molecule has 0 aliphatic heterocycles. The Morgan fingerprint density at radius 3 is 2.22 bits per heavy atom. The molecule has 0 amide bonds. The zero-order chi connectivity index (χ0) is 14.1. The standard InChI is InChI=1S/C11H9F5O2/c1-5-3-4-7(11(14,15)16)8(6(2)17)9(5)18-10(12)13/h3-4,10H,1-2H3. The van der Waals surface area contributed by atoms with Crippen LogP contribution in [0, 0.1) is 6.92 Å². The van der Waals surface area contributed by atoms with Gasteiger partial charge >= 0.3 is 12.8 Å². The van der Waals surface area contributed by atoms with Crippen LogP contribution in [0.1, 0.15) is 28.4 Å². The number of ketones is 1. The van der Waals surface area contributed by atoms with Crippen LogP contribution >= 0.6 is 0 Å². The van der Waals surface area contributed by atoms with Crippen molar-refractivity contribution in [2.24, 2.45) is 0 Å². The van der Waals surface area contributed by atoms with Crippen LogP contribution < -0.4 is 4.74 Å². The lowest BCUT2D eigenvalue weighted by Gasteiger charge is -2.17. The molecule has 0 saturated carbocycles. The molecular formula is C11H9F5O2. The Kier molecular flexibility index (Phi) is 3.93. The van der Waals surface area contributed by atoms with Gasteiger partial charge in [0.25, 0.3) is 0 Å². The summed E-state index contributed by atoms with van der Waals surface area (Å²) in [6, 6.07) is 1.65. The highest BCUT2D eigenvalue weighted by molar-refractivity contribution is 5.99. The lowest BCUT2D eigenvalue weighted by molar-refractivity contribution is -0.138. The van der Waals surface area contributed by atoms with E-state index in [1.54, 1.807) is 0 Å². The summed E-state index contributed by atoms with van der Waals surface area (Å²) >= 11 is 0. The summed E-state index contributed by atoms with van der Waals surface area (Å²) in [4.78, 5) is 11.2. The SMILES string of the molecule is CC(=O)c1c(C(F)(F)F)ccc(C)c1OC(F)F. The second kappa shape index (κ2) is 4.91. The van der Waals surface area contributed by atoms with Crippen molar-refractivity contribution < 1.29 is 31.5 Å². The number of ether oxygens (including phenoxy) is 1. The van der Waals surface area contributed by atoms with E-state index in [1.165, 1.54) is 6.92 Å². The monoisotopic (exact) mass is 268 g/mol. The predicted octanol–water partition coefficient (Wildman–Crippen LogP) is 3.82. The molecule has 0 atom stereocenters. The van der Waals surface area contributed by atoms with Gasteiger partial charge in [-0.05, 0) is 25.5 Å². The molecule has 0 unspecified atom stereocenters. The number of hydrogen-bond acceptors (Lipinski definition) is 2. The number of halogens is 5. The summed E-state index contributed by atoms with van der Waals surface area (Å²) in [5.74, 6) is -1.71. The maximum absolute atomic E-state index is 12.7. The molecule has 0 aromatic heterocycles. The average molecular weight is 268 g/mol. The van der Waals surface area contributed by atoms with Crippen LogP contribution in [-0.4, -0.2) is 12.4 Å². The first kappa shape index (κ1) is 14.4. The molecule has 0 bridgehead atoms. The van der Waals surface area contributed by atoms with Crippen molar-refractivity contribution in [2.45, 2.75) is 26.6 Å². The van der Waals surface area contributed by atoms with E-state index in [0.717, 1.165) is 13.0 Å². The summed E-state index contributed by atoms with van der Waals surface area (Å²) in [7, 11) is 0. The number of carbonyl (C=O) groups excluding carboxylic acids is 1. The third kappa shape index (κ3) is 2.96. The largest absolute Gasteiger partial charge is 0.434 e. The molecule has 0 fully saturated rings. The molecule has 7 heteroatoms. The molecule has 18 heavy (non-hydrogen) atoms. The van der Waals surface area contributed by atoms with Crippen LogP contribution in [0.25, 0.3) is 0 Å². The van der Waals surface area contributed by atoms with Crippen LogP contribution in [0.15, 0.2) is 12.1 Å². The van der Waals surface area contributed by atoms with E-state index in [1.807, 2.05) is 0 Å². The van der Waals surface area contributed by atoms with Crippen molar-refractivity contribution in [2.75, 3.05) is 0 Å². The summed E-state index contributed by atoms with van der Waals surface area (Å²) in [6.07, 6.45) is -4.81. The smallest absolute Gasteiger partial charge is 0.417 e. The normalized spacial score (nSPS) is 11.8. The van der Waals surface area contributed by atoms with E-state index in [9.17, 15) is 26.7 Å². The van der Waals surface area contributed by atoms with E-state index in [2.05, 4.69) is 4.74 Å². The number of hydrogen-bond donors (Lipinski definition) is 0. The highest BCUT2D eigenvalue weighted by atomic mass is 19.4. The zero-order valence-corrected chi connectivity index (χ0v) is 9.44. The molecule has 0 radical (unpaired) electrons. The quantitative estimate of drug-likeness (QED) is 0.615. The Morgan fingerprint density at radius 2 is 1.83 bits per heavy atom. The maximum Gasteiger partial charge on any atom is 0.417 e. The van der Waals surface area contributed by atoms with Gasteiger partial charge < -0.3 is 4.74 Å². The summed E-state index contributed by atoms with van der Waals surface area (Å²) < 4.78 is 66.3. The summed E-state index contributed by atoms with van der Waals surface area (Å²) in [5, 5.41) is 0. The number of aryl methyl sites for hydroxylation is 1. The van der Waals surface area contributed by atoms with Gasteiger partial charge in [0.15, 0.2) is 5.78 Å². The fourth-order valence-electron chi connectivity index (χ4n) is 1.51. The molecule has 1 aromatic rings. The Labute approximate surface area is 99.4 Å². The van der Waals surface area contributed by atoms with Gasteiger partial charge in [0, 0.05) is 0 Å². The minimum Gasteiger partial charge on any atom is -0.434 e. The zero-order valence-electron chi connectivity index (χ0n) is 9.44. The highest BCUT2D eigenvalue weighted by Crippen LogP contribution is 2.38. The van der Waals surface area contributed by atoms with Crippen molar-refractivity contribution in [1.29, 1.82) is 0 Å². The molecule has 0 saturated heterocycles. The molecule has 1 aromatic carbocycles. The molecule has 0 aliphatic carbocycles. The Morgan fingerprint density at radius 1 is 1.28 bits per heavy atom. The van der Waals surface area contributed by atoms with Crippen LogP contribution in [0.3, 0.4) is 0 Å². The number of benzene rings is 1. The van der Waals surface area contributed by atoms with Crippen molar-refractivity contribution in [3.05, 3.63) is 28.8 Å². The molecule has 1 rings (SSSR count). The van der Waals surface area contributed by atoms with Gasteiger partial charge in [-0.1, -0.05) is 6.07 Å². The van der Waals surface area contributed by atoms with Crippen LogP contribution in [0.5, 0.6) is 5.75 Å². The predicted molar refractivity (Wildman–Crippen MR) is 52.8 cm³/mol. The van der Waals surface area contributed by atoms with Gasteiger partial charge in [-0.15, -0.1) is 0 Å². The van der Waals surface area contributed by atoms with E-state index in [-0.39, 0.29) is 5.56 Å². The Bertz CT molecular complexity index is 465. The van der Waals surface area contributed by atoms with E-state index in [0.29, 0.717) is 6.07 Å². The van der Waals surface area contributed by atoms with Gasteiger partial charge in [-0.2, -0.15) is 22.0 Å². The number of rotatable bonds is 3. The lowest BCUT2D eigenvalue weighted by Crippen LogP contribution is -2.16. The van der Waals surface area contributed by atoms with E-state index < -0.39 is 35.4 Å². The lowest BCUT2D eigenvalue weighted by atomic mass is 9.99. The number of Topliss-reactive ketones (excluding diaryl/α,β-unsaturated/α-hetero) is 1. The van der Waals surface area contributed by atoms with Gasteiger partial charge in [-0.3, -0.25) is 4.79 Å². The molecule has 100 valence electrons. The van der Waals surface area contributed by atoms with Crippen LogP contribution in [-0.2, 0) is 6.18 Å². The molecule has 2 nitrogen and oxygen atoms in total. The minimum atomic E-state index is -4.81. The van der Waals surface area contributed by atoms with Crippen molar-refractivity contribution in [3.8, 4) is 5.75 Å². The topological polar surface area (TPSA) is 26.3 Å². The molecule has 0 heterocycles.